The van der Waals surface area contributed by atoms with Crippen LogP contribution in [0.1, 0.15) is 22.3 Å². The van der Waals surface area contributed by atoms with Gasteiger partial charge in [0.05, 0.1) is 10.0 Å². The molecule has 0 radical (unpaired) electrons. The monoisotopic (exact) mass is 441 g/mol. The largest absolute Gasteiger partial charge is 0.485 e. The number of primary amides is 1. The smallest absolute Gasteiger partial charge is 0.394 e. The Hall–Kier alpha value is -3.10. The number of carbonyl (C=O) groups excluding carboxylic acids is 2. The number of hydrogen-bond acceptors (Lipinski definition) is 5. The summed E-state index contributed by atoms with van der Waals surface area (Å²) in [4.78, 5) is 41.1. The molecular weight excluding hydrogens is 425 g/mol. The van der Waals surface area contributed by atoms with Crippen LogP contribution in [0.3, 0.4) is 0 Å². The summed E-state index contributed by atoms with van der Waals surface area (Å²) < 4.78 is 5.43. The molecule has 0 fully saturated rings. The second kappa shape index (κ2) is 11.7. The van der Waals surface area contributed by atoms with E-state index in [1.165, 1.54) is 6.07 Å². The number of Topliss-reactive ketones (excluding diaryl/α,β-unsaturated/α-hetero) is 1. The fourth-order valence-electron chi connectivity index (χ4n) is 1.91. The Morgan fingerprint density at radius 2 is 1.52 bits per heavy atom. The van der Waals surface area contributed by atoms with Crippen molar-refractivity contribution >= 4 is 46.8 Å². The van der Waals surface area contributed by atoms with Crippen LogP contribution in [-0.4, -0.2) is 40.4 Å². The van der Waals surface area contributed by atoms with Crippen molar-refractivity contribution in [2.45, 2.75) is 12.8 Å². The van der Waals surface area contributed by atoms with Crippen molar-refractivity contribution in [2.24, 2.45) is 5.73 Å². The number of carboxylic acids is 2. The zero-order valence-corrected chi connectivity index (χ0v) is 16.4. The third-order valence-corrected chi connectivity index (χ3v) is 4.11. The third kappa shape index (κ3) is 9.09. The van der Waals surface area contributed by atoms with E-state index in [-0.39, 0.29) is 18.8 Å². The normalized spacial score (nSPS) is 9.72. The van der Waals surface area contributed by atoms with Crippen molar-refractivity contribution in [1.82, 2.24) is 0 Å². The van der Waals surface area contributed by atoms with Crippen LogP contribution in [0.4, 0.5) is 0 Å². The number of nitrogens with two attached hydrogens (primary N) is 1. The zero-order chi connectivity index (χ0) is 22.0. The Bertz CT molecular complexity index is 886. The molecule has 0 aromatic heterocycles. The maximum Gasteiger partial charge on any atom is 0.394 e. The number of ether oxygens (including phenoxy) is 1. The molecule has 0 heterocycles. The number of carbonyl (C=O) groups is 4. The molecule has 0 aliphatic heterocycles. The SMILES string of the molecule is NC(=O)C(=O)O.O=C(O)CCc1ccc(OCC(=O)c2ccc(Cl)c(Cl)c2)cc1. The lowest BCUT2D eigenvalue weighted by Gasteiger charge is -2.07. The van der Waals surface area contributed by atoms with E-state index >= 15 is 0 Å². The van der Waals surface area contributed by atoms with Crippen molar-refractivity contribution in [3.05, 3.63) is 63.6 Å². The van der Waals surface area contributed by atoms with Gasteiger partial charge in [0.2, 0.25) is 0 Å². The number of rotatable bonds is 7. The summed E-state index contributed by atoms with van der Waals surface area (Å²) in [7, 11) is 0. The van der Waals surface area contributed by atoms with Gasteiger partial charge in [0.15, 0.2) is 12.4 Å². The van der Waals surface area contributed by atoms with E-state index in [4.69, 9.17) is 38.2 Å². The highest BCUT2D eigenvalue weighted by molar-refractivity contribution is 6.42. The number of carboxylic acid groups (broad SMARTS) is 2. The molecule has 2 aromatic rings. The van der Waals surface area contributed by atoms with Gasteiger partial charge in [-0.05, 0) is 42.3 Å². The van der Waals surface area contributed by atoms with E-state index in [9.17, 15) is 19.2 Å². The molecule has 2 aromatic carbocycles. The van der Waals surface area contributed by atoms with Gasteiger partial charge in [0.1, 0.15) is 5.75 Å². The van der Waals surface area contributed by atoms with Gasteiger partial charge in [-0.3, -0.25) is 14.4 Å². The summed E-state index contributed by atoms with van der Waals surface area (Å²) in [5.74, 6) is -3.43. The average Bonchev–Trinajstić information content (AvgIpc) is 2.67. The Morgan fingerprint density at radius 1 is 0.931 bits per heavy atom. The van der Waals surface area contributed by atoms with Crippen molar-refractivity contribution in [1.29, 1.82) is 0 Å². The van der Waals surface area contributed by atoms with Gasteiger partial charge in [0.25, 0.3) is 0 Å². The quantitative estimate of drug-likeness (QED) is 0.442. The van der Waals surface area contributed by atoms with Crippen molar-refractivity contribution in [3.63, 3.8) is 0 Å². The van der Waals surface area contributed by atoms with Crippen LogP contribution in [0.25, 0.3) is 0 Å². The Balaban J connectivity index is 0.000000612. The fourth-order valence-corrected chi connectivity index (χ4v) is 2.20. The first-order chi connectivity index (χ1) is 13.6. The van der Waals surface area contributed by atoms with Crippen LogP contribution in [0.5, 0.6) is 5.75 Å². The van der Waals surface area contributed by atoms with Gasteiger partial charge < -0.3 is 20.7 Å². The summed E-state index contributed by atoms with van der Waals surface area (Å²) in [5.41, 5.74) is 5.52. The molecule has 154 valence electrons. The lowest BCUT2D eigenvalue weighted by molar-refractivity contribution is -0.148. The number of ketones is 1. The molecule has 4 N–H and O–H groups in total. The topological polar surface area (TPSA) is 144 Å². The molecule has 0 aliphatic rings. The highest BCUT2D eigenvalue weighted by atomic mass is 35.5. The van der Waals surface area contributed by atoms with Crippen LogP contribution in [0, 0.1) is 0 Å². The molecular formula is C19H17Cl2NO7. The van der Waals surface area contributed by atoms with E-state index in [0.717, 1.165) is 5.56 Å². The molecule has 0 saturated heterocycles. The lowest BCUT2D eigenvalue weighted by atomic mass is 10.1. The molecule has 1 amide bonds. The summed E-state index contributed by atoms with van der Waals surface area (Å²) >= 11 is 11.7. The van der Waals surface area contributed by atoms with E-state index in [0.29, 0.717) is 27.8 Å². The molecule has 0 unspecified atom stereocenters. The number of halogens is 2. The van der Waals surface area contributed by atoms with E-state index in [1.54, 1.807) is 36.4 Å². The molecule has 0 saturated carbocycles. The summed E-state index contributed by atoms with van der Waals surface area (Å²) in [6.07, 6.45) is 0.536. The van der Waals surface area contributed by atoms with Crippen LogP contribution in [0.15, 0.2) is 42.5 Å². The molecule has 0 bridgehead atoms. The first kappa shape index (κ1) is 23.9. The predicted molar refractivity (Wildman–Crippen MR) is 106 cm³/mol. The summed E-state index contributed by atoms with van der Waals surface area (Å²) in [6.45, 7) is -0.119. The highest BCUT2D eigenvalue weighted by Gasteiger charge is 2.09. The summed E-state index contributed by atoms with van der Waals surface area (Å²) in [6, 6.07) is 11.6. The molecule has 2 rings (SSSR count). The molecule has 8 nitrogen and oxygen atoms in total. The number of aliphatic carboxylic acids is 2. The van der Waals surface area contributed by atoms with Gasteiger partial charge in [-0.2, -0.15) is 0 Å². The zero-order valence-electron chi connectivity index (χ0n) is 14.9. The Labute approximate surface area is 175 Å². The average molecular weight is 442 g/mol. The molecule has 0 spiro atoms. The molecule has 10 heteroatoms. The maximum atomic E-state index is 12.0. The van der Waals surface area contributed by atoms with Crippen molar-refractivity contribution in [3.8, 4) is 5.75 Å². The lowest BCUT2D eigenvalue weighted by Crippen LogP contribution is -2.21. The van der Waals surface area contributed by atoms with Crippen molar-refractivity contribution in [2.75, 3.05) is 6.61 Å². The van der Waals surface area contributed by atoms with E-state index in [1.807, 2.05) is 0 Å². The van der Waals surface area contributed by atoms with Crippen molar-refractivity contribution < 1.29 is 34.1 Å². The first-order valence-electron chi connectivity index (χ1n) is 8.04. The number of aryl methyl sites for hydroxylation is 1. The maximum absolute atomic E-state index is 12.0. The molecule has 0 atom stereocenters. The Kier molecular flexibility index (Phi) is 9.64. The van der Waals surface area contributed by atoms with Gasteiger partial charge in [-0.1, -0.05) is 35.3 Å². The van der Waals surface area contributed by atoms with Gasteiger partial charge in [-0.25, -0.2) is 4.79 Å². The number of amides is 1. The Morgan fingerprint density at radius 3 is 2.00 bits per heavy atom. The van der Waals surface area contributed by atoms with Gasteiger partial charge in [0, 0.05) is 12.0 Å². The van der Waals surface area contributed by atoms with Gasteiger partial charge >= 0.3 is 17.8 Å². The van der Waals surface area contributed by atoms with Crippen LogP contribution >= 0.6 is 23.2 Å². The number of hydrogen-bond donors (Lipinski definition) is 3. The minimum Gasteiger partial charge on any atom is -0.485 e. The van der Waals surface area contributed by atoms with Crippen LogP contribution in [-0.2, 0) is 20.8 Å². The fraction of sp³-hybridized carbons (Fsp3) is 0.158. The third-order valence-electron chi connectivity index (χ3n) is 3.37. The minimum atomic E-state index is -1.60. The second-order valence-corrected chi connectivity index (χ2v) is 6.36. The molecule has 0 aliphatic carbocycles. The van der Waals surface area contributed by atoms with E-state index in [2.05, 4.69) is 5.73 Å². The first-order valence-corrected chi connectivity index (χ1v) is 8.80. The highest BCUT2D eigenvalue weighted by Crippen LogP contribution is 2.23. The minimum absolute atomic E-state index is 0.0794. The summed E-state index contributed by atoms with van der Waals surface area (Å²) in [5, 5.41) is 16.9. The van der Waals surface area contributed by atoms with Crippen LogP contribution in [0.2, 0.25) is 10.0 Å². The van der Waals surface area contributed by atoms with Crippen LogP contribution < -0.4 is 10.5 Å². The van der Waals surface area contributed by atoms with Gasteiger partial charge in [-0.15, -0.1) is 0 Å². The standard InChI is InChI=1S/C17H14Cl2O4.C2H3NO3/c18-14-7-4-12(9-15(14)19)16(20)10-23-13-5-1-11(2-6-13)3-8-17(21)22;3-1(4)2(5)6/h1-2,4-7,9H,3,8,10H2,(H,21,22);(H2,3,4)(H,5,6). The van der Waals surface area contributed by atoms with E-state index < -0.39 is 17.8 Å². The molecule has 29 heavy (non-hydrogen) atoms. The number of benzene rings is 2. The predicted octanol–water partition coefficient (Wildman–Crippen LogP) is 2.83. The second-order valence-electron chi connectivity index (χ2n) is 5.55.